The number of nitrogens with zero attached hydrogens (tertiary/aromatic N) is 3. The first-order chi connectivity index (χ1) is 9.97. The molecule has 2 aromatic rings. The highest BCUT2D eigenvalue weighted by atomic mass is 16.4. The van der Waals surface area contributed by atoms with Crippen LogP contribution in [0.4, 0.5) is 0 Å². The molecule has 0 bridgehead atoms. The predicted octanol–water partition coefficient (Wildman–Crippen LogP) is 1.25. The van der Waals surface area contributed by atoms with Gasteiger partial charge in [-0.1, -0.05) is 26.0 Å². The molecule has 21 heavy (non-hydrogen) atoms. The number of carbonyl (C=O) groups is 2. The summed E-state index contributed by atoms with van der Waals surface area (Å²) in [4.78, 5) is 27.3. The fourth-order valence-corrected chi connectivity index (χ4v) is 1.89. The lowest BCUT2D eigenvalue weighted by atomic mass is 10.0. The van der Waals surface area contributed by atoms with E-state index in [0.717, 1.165) is 0 Å². The zero-order chi connectivity index (χ0) is 15.4. The van der Waals surface area contributed by atoms with Crippen molar-refractivity contribution in [3.8, 4) is 0 Å². The van der Waals surface area contributed by atoms with E-state index < -0.39 is 17.9 Å². The number of hydrogen-bond donors (Lipinski definition) is 2. The van der Waals surface area contributed by atoms with Crippen LogP contribution in [0.1, 0.15) is 30.9 Å². The number of nitrogens with one attached hydrogen (secondary N) is 1. The van der Waals surface area contributed by atoms with Gasteiger partial charge in [0.25, 0.3) is 5.91 Å². The third kappa shape index (κ3) is 3.71. The van der Waals surface area contributed by atoms with Crippen molar-refractivity contribution in [2.75, 3.05) is 0 Å². The predicted molar refractivity (Wildman–Crippen MR) is 75.7 cm³/mol. The lowest BCUT2D eigenvalue weighted by Gasteiger charge is -2.15. The molecule has 1 aromatic carbocycles. The Bertz CT molecular complexity index is 672. The Morgan fingerprint density at radius 3 is 2.48 bits per heavy atom. The average Bonchev–Trinajstić information content (AvgIpc) is 2.45. The van der Waals surface area contributed by atoms with Crippen LogP contribution < -0.4 is 5.32 Å². The van der Waals surface area contributed by atoms with Gasteiger partial charge in [0.15, 0.2) is 0 Å². The van der Waals surface area contributed by atoms with Gasteiger partial charge in [-0.2, -0.15) is 0 Å². The molecular weight excluding hydrogens is 272 g/mol. The van der Waals surface area contributed by atoms with Crippen molar-refractivity contribution >= 4 is 22.9 Å². The van der Waals surface area contributed by atoms with Crippen molar-refractivity contribution < 1.29 is 14.7 Å². The van der Waals surface area contributed by atoms with Crippen LogP contribution in [0.25, 0.3) is 11.0 Å². The highest BCUT2D eigenvalue weighted by molar-refractivity contribution is 5.94. The Hall–Kier alpha value is -2.57. The third-order valence-corrected chi connectivity index (χ3v) is 2.87. The number of para-hydroxylation sites is 1. The van der Waals surface area contributed by atoms with Crippen LogP contribution in [0, 0.1) is 5.92 Å². The lowest BCUT2D eigenvalue weighted by molar-refractivity contribution is -0.139. The summed E-state index contributed by atoms with van der Waals surface area (Å²) in [6.45, 7) is 3.77. The monoisotopic (exact) mass is 288 g/mol. The zero-order valence-corrected chi connectivity index (χ0v) is 11.8. The van der Waals surface area contributed by atoms with Crippen molar-refractivity contribution in [2.24, 2.45) is 5.92 Å². The minimum absolute atomic E-state index is 0.135. The maximum Gasteiger partial charge on any atom is 0.326 e. The van der Waals surface area contributed by atoms with Gasteiger partial charge in [0, 0.05) is 0 Å². The number of rotatable bonds is 5. The summed E-state index contributed by atoms with van der Waals surface area (Å²) in [6.07, 6.45) is 0.335. The lowest BCUT2D eigenvalue weighted by Crippen LogP contribution is -2.42. The number of fused-ring (bicyclic) bond motifs is 1. The Balaban J connectivity index is 2.19. The molecule has 7 nitrogen and oxygen atoms in total. The molecule has 1 atom stereocenters. The van der Waals surface area contributed by atoms with Crippen molar-refractivity contribution in [3.63, 3.8) is 0 Å². The molecule has 0 saturated carbocycles. The number of amides is 1. The number of hydrogen-bond acceptors (Lipinski definition) is 5. The molecule has 2 rings (SSSR count). The second kappa shape index (κ2) is 6.25. The van der Waals surface area contributed by atoms with Gasteiger partial charge in [-0.05, 0) is 24.5 Å². The molecule has 0 radical (unpaired) electrons. The number of aliphatic carboxylic acids is 1. The third-order valence-electron chi connectivity index (χ3n) is 2.87. The molecule has 7 heteroatoms. The first-order valence-corrected chi connectivity index (χ1v) is 6.60. The molecule has 1 aromatic heterocycles. The fraction of sp³-hybridized carbons (Fsp3) is 0.357. The Kier molecular flexibility index (Phi) is 4.42. The number of carbonyl (C=O) groups excluding carboxylic acids is 1. The van der Waals surface area contributed by atoms with Crippen LogP contribution in [0.15, 0.2) is 24.3 Å². The van der Waals surface area contributed by atoms with E-state index in [1.807, 2.05) is 13.8 Å². The summed E-state index contributed by atoms with van der Waals surface area (Å²) in [5.74, 6) is -1.71. The summed E-state index contributed by atoms with van der Waals surface area (Å²) in [5.41, 5.74) is 1.11. The van der Waals surface area contributed by atoms with Crippen LogP contribution in [0.5, 0.6) is 0 Å². The average molecular weight is 288 g/mol. The number of carboxylic acid groups (broad SMARTS) is 1. The number of aromatic nitrogens is 3. The molecule has 110 valence electrons. The molecule has 0 unspecified atom stereocenters. The Morgan fingerprint density at radius 2 is 1.86 bits per heavy atom. The van der Waals surface area contributed by atoms with E-state index in [-0.39, 0.29) is 11.7 Å². The second-order valence-electron chi connectivity index (χ2n) is 5.12. The van der Waals surface area contributed by atoms with Crippen LogP contribution in [0.3, 0.4) is 0 Å². The molecule has 0 fully saturated rings. The van der Waals surface area contributed by atoms with Gasteiger partial charge < -0.3 is 10.4 Å². The van der Waals surface area contributed by atoms with Gasteiger partial charge in [-0.25, -0.2) is 9.78 Å². The van der Waals surface area contributed by atoms with Gasteiger partial charge in [0.1, 0.15) is 11.6 Å². The highest BCUT2D eigenvalue weighted by Crippen LogP contribution is 2.08. The van der Waals surface area contributed by atoms with Crippen LogP contribution >= 0.6 is 0 Å². The number of carboxylic acids is 1. The maximum absolute atomic E-state index is 12.0. The van der Waals surface area contributed by atoms with Gasteiger partial charge >= 0.3 is 5.97 Å². The molecule has 2 N–H and O–H groups in total. The van der Waals surface area contributed by atoms with E-state index in [0.29, 0.717) is 17.5 Å². The highest BCUT2D eigenvalue weighted by Gasteiger charge is 2.23. The molecule has 0 spiro atoms. The summed E-state index contributed by atoms with van der Waals surface area (Å²) >= 11 is 0. The number of benzene rings is 1. The van der Waals surface area contributed by atoms with E-state index in [1.165, 1.54) is 0 Å². The fourth-order valence-electron chi connectivity index (χ4n) is 1.89. The van der Waals surface area contributed by atoms with Crippen molar-refractivity contribution in [2.45, 2.75) is 26.3 Å². The van der Waals surface area contributed by atoms with Crippen molar-refractivity contribution in [3.05, 3.63) is 30.1 Å². The SMILES string of the molecule is CC(C)C[C@@H](NC(=O)c1nnc2ccccc2n1)C(=O)O. The van der Waals surface area contributed by atoms with Crippen LogP contribution in [-0.2, 0) is 4.79 Å². The summed E-state index contributed by atoms with van der Waals surface area (Å²) < 4.78 is 0. The topological polar surface area (TPSA) is 105 Å². The molecule has 0 saturated heterocycles. The molecule has 0 aliphatic carbocycles. The van der Waals surface area contributed by atoms with E-state index in [4.69, 9.17) is 5.11 Å². The standard InChI is InChI=1S/C14H16N4O3/c1-8(2)7-11(14(20)21)16-13(19)12-15-9-5-3-4-6-10(9)17-18-12/h3-6,8,11H,7H2,1-2H3,(H,16,19)(H,20,21)/t11-/m1/s1. The largest absolute Gasteiger partial charge is 0.480 e. The minimum Gasteiger partial charge on any atom is -0.480 e. The first kappa shape index (κ1) is 14.8. The zero-order valence-electron chi connectivity index (χ0n) is 11.8. The van der Waals surface area contributed by atoms with Crippen LogP contribution in [-0.4, -0.2) is 38.2 Å². The van der Waals surface area contributed by atoms with Crippen LogP contribution in [0.2, 0.25) is 0 Å². The molecule has 0 aliphatic heterocycles. The molecule has 0 aliphatic rings. The minimum atomic E-state index is -1.08. The first-order valence-electron chi connectivity index (χ1n) is 6.60. The van der Waals surface area contributed by atoms with Gasteiger partial charge in [0.2, 0.25) is 5.82 Å². The Labute approximate surface area is 121 Å². The second-order valence-corrected chi connectivity index (χ2v) is 5.12. The Morgan fingerprint density at radius 1 is 1.19 bits per heavy atom. The molecular formula is C14H16N4O3. The summed E-state index contributed by atoms with van der Waals surface area (Å²) in [6, 6.07) is 6.05. The van der Waals surface area contributed by atoms with Gasteiger partial charge in [-0.15, -0.1) is 10.2 Å². The molecule has 1 heterocycles. The summed E-state index contributed by atoms with van der Waals surface area (Å²) in [5, 5.41) is 19.2. The van der Waals surface area contributed by atoms with E-state index in [2.05, 4.69) is 20.5 Å². The van der Waals surface area contributed by atoms with Crippen molar-refractivity contribution in [1.29, 1.82) is 0 Å². The van der Waals surface area contributed by atoms with E-state index in [9.17, 15) is 9.59 Å². The van der Waals surface area contributed by atoms with E-state index in [1.54, 1.807) is 24.3 Å². The quantitative estimate of drug-likeness (QED) is 0.858. The maximum atomic E-state index is 12.0. The van der Waals surface area contributed by atoms with E-state index >= 15 is 0 Å². The van der Waals surface area contributed by atoms with Gasteiger partial charge in [0.05, 0.1) is 5.52 Å². The molecule has 1 amide bonds. The summed E-state index contributed by atoms with van der Waals surface area (Å²) in [7, 11) is 0. The van der Waals surface area contributed by atoms with Gasteiger partial charge in [-0.3, -0.25) is 4.79 Å². The smallest absolute Gasteiger partial charge is 0.326 e. The normalized spacial score (nSPS) is 12.3. The van der Waals surface area contributed by atoms with Crippen molar-refractivity contribution in [1.82, 2.24) is 20.5 Å².